The third-order valence-electron chi connectivity index (χ3n) is 3.12. The molecule has 0 aromatic rings. The van der Waals surface area contributed by atoms with Crippen LogP contribution in [0.4, 0.5) is 0 Å². The van der Waals surface area contributed by atoms with Crippen LogP contribution in [0.25, 0.3) is 0 Å². The zero-order valence-corrected chi connectivity index (χ0v) is 9.61. The minimum Gasteiger partial charge on any atom is -0.409 e. The highest BCUT2D eigenvalue weighted by Gasteiger charge is 2.23. The van der Waals surface area contributed by atoms with E-state index in [9.17, 15) is 0 Å². The first-order chi connectivity index (χ1) is 7.19. The second-order valence-electron chi connectivity index (χ2n) is 4.08. The van der Waals surface area contributed by atoms with E-state index in [1.165, 1.54) is 19.4 Å². The van der Waals surface area contributed by atoms with Crippen molar-refractivity contribution in [3.8, 4) is 0 Å². The van der Waals surface area contributed by atoms with Crippen LogP contribution < -0.4 is 11.1 Å². The molecule has 1 aliphatic heterocycles. The van der Waals surface area contributed by atoms with E-state index in [1.54, 1.807) is 0 Å². The minimum absolute atomic E-state index is 0.0608. The summed E-state index contributed by atoms with van der Waals surface area (Å²) < 4.78 is 0. The Balaban J connectivity index is 2.30. The summed E-state index contributed by atoms with van der Waals surface area (Å²) in [6, 6.07) is 0.540. The first kappa shape index (κ1) is 12.3. The summed E-state index contributed by atoms with van der Waals surface area (Å²) in [5, 5.41) is 14.8. The van der Waals surface area contributed by atoms with Gasteiger partial charge in [0.05, 0.1) is 6.04 Å². The molecule has 2 unspecified atom stereocenters. The van der Waals surface area contributed by atoms with Gasteiger partial charge in [-0.2, -0.15) is 0 Å². The molecule has 2 atom stereocenters. The molecule has 0 spiro atoms. The highest BCUT2D eigenvalue weighted by Crippen LogP contribution is 2.15. The van der Waals surface area contributed by atoms with Gasteiger partial charge in [-0.05, 0) is 32.9 Å². The third kappa shape index (κ3) is 3.35. The second kappa shape index (κ2) is 5.92. The van der Waals surface area contributed by atoms with Crippen LogP contribution in [0.2, 0.25) is 0 Å². The zero-order valence-electron chi connectivity index (χ0n) is 9.61. The van der Waals surface area contributed by atoms with Gasteiger partial charge in [0.1, 0.15) is 0 Å². The number of likely N-dealkylation sites (N-methyl/N-ethyl adjacent to an activating group) is 1. The normalized spacial score (nSPS) is 25.7. The number of likely N-dealkylation sites (tertiary alicyclic amines) is 1. The number of nitrogens with zero attached hydrogens (tertiary/aromatic N) is 2. The lowest BCUT2D eigenvalue weighted by atomic mass is 10.2. The summed E-state index contributed by atoms with van der Waals surface area (Å²) >= 11 is 0. The van der Waals surface area contributed by atoms with Gasteiger partial charge >= 0.3 is 0 Å². The Kier molecular flexibility index (Phi) is 4.84. The molecule has 0 aliphatic carbocycles. The maximum Gasteiger partial charge on any atom is 0.156 e. The molecule has 88 valence electrons. The van der Waals surface area contributed by atoms with Gasteiger partial charge in [0, 0.05) is 12.6 Å². The first-order valence-electron chi connectivity index (χ1n) is 5.63. The molecule has 0 aromatic carbocycles. The number of nitrogens with one attached hydrogen (secondary N) is 1. The van der Waals surface area contributed by atoms with Crippen molar-refractivity contribution in [2.24, 2.45) is 10.9 Å². The Bertz CT molecular complexity index is 219. The highest BCUT2D eigenvalue weighted by atomic mass is 16.4. The van der Waals surface area contributed by atoms with Crippen molar-refractivity contribution in [1.29, 1.82) is 0 Å². The summed E-state index contributed by atoms with van der Waals surface area (Å²) in [5.41, 5.74) is 5.49. The van der Waals surface area contributed by atoms with Gasteiger partial charge in [-0.25, -0.2) is 0 Å². The Hall–Kier alpha value is -0.810. The number of nitrogens with two attached hydrogens (primary N) is 1. The molecule has 0 bridgehead atoms. The zero-order chi connectivity index (χ0) is 11.3. The number of hydrogen-bond acceptors (Lipinski definition) is 4. The highest BCUT2D eigenvalue weighted by molar-refractivity contribution is 5.84. The lowest BCUT2D eigenvalue weighted by Gasteiger charge is -2.24. The average molecular weight is 214 g/mol. The van der Waals surface area contributed by atoms with Gasteiger partial charge in [-0.15, -0.1) is 0 Å². The molecule has 15 heavy (non-hydrogen) atoms. The van der Waals surface area contributed by atoms with Crippen LogP contribution in [0, 0.1) is 0 Å². The maximum atomic E-state index is 8.51. The molecule has 5 nitrogen and oxygen atoms in total. The lowest BCUT2D eigenvalue weighted by Crippen LogP contribution is -2.45. The van der Waals surface area contributed by atoms with Crippen LogP contribution in [0.15, 0.2) is 5.16 Å². The third-order valence-corrected chi connectivity index (χ3v) is 3.12. The van der Waals surface area contributed by atoms with Gasteiger partial charge in [0.2, 0.25) is 0 Å². The number of amidine groups is 1. The quantitative estimate of drug-likeness (QED) is 0.264. The predicted octanol–water partition coefficient (Wildman–Crippen LogP) is 0.195. The van der Waals surface area contributed by atoms with Crippen LogP contribution >= 0.6 is 0 Å². The lowest BCUT2D eigenvalue weighted by molar-refractivity contribution is 0.258. The van der Waals surface area contributed by atoms with Crippen molar-refractivity contribution in [2.75, 3.05) is 19.6 Å². The minimum atomic E-state index is -0.0608. The van der Waals surface area contributed by atoms with Crippen molar-refractivity contribution in [3.05, 3.63) is 0 Å². The van der Waals surface area contributed by atoms with Crippen LogP contribution in [-0.4, -0.2) is 47.7 Å². The van der Waals surface area contributed by atoms with Gasteiger partial charge in [0.25, 0.3) is 0 Å². The van der Waals surface area contributed by atoms with E-state index in [-0.39, 0.29) is 11.9 Å². The molecule has 1 aliphatic rings. The van der Waals surface area contributed by atoms with Crippen molar-refractivity contribution >= 4 is 5.84 Å². The van der Waals surface area contributed by atoms with Gasteiger partial charge in [0.15, 0.2) is 5.84 Å². The summed E-state index contributed by atoms with van der Waals surface area (Å²) in [6.45, 7) is 7.29. The van der Waals surface area contributed by atoms with Crippen molar-refractivity contribution in [3.63, 3.8) is 0 Å². The largest absolute Gasteiger partial charge is 0.409 e. The second-order valence-corrected chi connectivity index (χ2v) is 4.08. The van der Waals surface area contributed by atoms with E-state index in [4.69, 9.17) is 10.9 Å². The Morgan fingerprint density at radius 3 is 3.07 bits per heavy atom. The van der Waals surface area contributed by atoms with Crippen LogP contribution in [0.1, 0.15) is 26.7 Å². The molecule has 0 aromatic heterocycles. The number of hydrogen-bond donors (Lipinski definition) is 3. The van der Waals surface area contributed by atoms with E-state index in [0.29, 0.717) is 6.04 Å². The molecule has 5 heteroatoms. The van der Waals surface area contributed by atoms with Crippen molar-refractivity contribution in [1.82, 2.24) is 10.2 Å². The van der Waals surface area contributed by atoms with E-state index < -0.39 is 0 Å². The fourth-order valence-corrected chi connectivity index (χ4v) is 2.05. The van der Waals surface area contributed by atoms with E-state index in [1.807, 2.05) is 6.92 Å². The maximum absolute atomic E-state index is 8.51. The molecule has 0 saturated carbocycles. The van der Waals surface area contributed by atoms with E-state index in [2.05, 4.69) is 22.3 Å². The monoisotopic (exact) mass is 214 g/mol. The topological polar surface area (TPSA) is 73.9 Å². The SMILES string of the molecule is CCN1CCCC1CNC(C)C(N)=NO. The van der Waals surface area contributed by atoms with Crippen LogP contribution in [0.5, 0.6) is 0 Å². The first-order valence-corrected chi connectivity index (χ1v) is 5.63. The smallest absolute Gasteiger partial charge is 0.156 e. The molecule has 4 N–H and O–H groups in total. The Morgan fingerprint density at radius 2 is 2.47 bits per heavy atom. The van der Waals surface area contributed by atoms with E-state index in [0.717, 1.165) is 13.1 Å². The molecule has 0 amide bonds. The molecule has 1 rings (SSSR count). The van der Waals surface area contributed by atoms with Crippen molar-refractivity contribution in [2.45, 2.75) is 38.8 Å². The van der Waals surface area contributed by atoms with Gasteiger partial charge < -0.3 is 16.3 Å². The molecular formula is C10H22N4O. The molecule has 1 fully saturated rings. The van der Waals surface area contributed by atoms with Gasteiger partial charge in [-0.3, -0.25) is 4.90 Å². The Morgan fingerprint density at radius 1 is 1.73 bits per heavy atom. The van der Waals surface area contributed by atoms with Crippen LogP contribution in [-0.2, 0) is 0 Å². The van der Waals surface area contributed by atoms with Crippen LogP contribution in [0.3, 0.4) is 0 Å². The molecule has 0 radical (unpaired) electrons. The summed E-state index contributed by atoms with van der Waals surface area (Å²) in [4.78, 5) is 2.46. The summed E-state index contributed by atoms with van der Waals surface area (Å²) in [7, 11) is 0. The fraction of sp³-hybridized carbons (Fsp3) is 0.900. The molecular weight excluding hydrogens is 192 g/mol. The number of rotatable bonds is 5. The molecule has 1 heterocycles. The number of oxime groups is 1. The van der Waals surface area contributed by atoms with Gasteiger partial charge in [-0.1, -0.05) is 12.1 Å². The average Bonchev–Trinajstić information content (AvgIpc) is 2.71. The fourth-order valence-electron chi connectivity index (χ4n) is 2.05. The van der Waals surface area contributed by atoms with E-state index >= 15 is 0 Å². The standard InChI is InChI=1S/C10H22N4O/c1-3-14-6-4-5-9(14)7-12-8(2)10(11)13-15/h8-9,12,15H,3-7H2,1-2H3,(H2,11,13). The Labute approximate surface area is 91.3 Å². The summed E-state index contributed by atoms with van der Waals surface area (Å²) in [6.07, 6.45) is 2.52. The predicted molar refractivity (Wildman–Crippen MR) is 61.1 cm³/mol. The molecule has 1 saturated heterocycles. The summed E-state index contributed by atoms with van der Waals surface area (Å²) in [5.74, 6) is 0.246. The van der Waals surface area contributed by atoms with Crippen molar-refractivity contribution < 1.29 is 5.21 Å².